The molecule has 0 aliphatic carbocycles. The summed E-state index contributed by atoms with van der Waals surface area (Å²) < 4.78 is 5.26. The van der Waals surface area contributed by atoms with E-state index in [1.54, 1.807) is 7.11 Å². The molecule has 158 valence electrons. The molecule has 1 amide bonds. The summed E-state index contributed by atoms with van der Waals surface area (Å²) in [5.74, 6) is 0.780. The number of carbonyl (C=O) groups is 1. The molecule has 0 spiro atoms. The van der Waals surface area contributed by atoms with Gasteiger partial charge in [0.1, 0.15) is 5.75 Å². The summed E-state index contributed by atoms with van der Waals surface area (Å²) in [4.78, 5) is 12.0. The molecule has 0 heterocycles. The molecule has 0 saturated carbocycles. The standard InChI is InChI=1S/C25H41NO2/c1-3-4-5-6-7-8-9-10-11-12-13-14-15-16-17-22-25(27)26-23-20-18-19-21-24(23)28-2/h10-11,18-21H,3-9,12-17,22H2,1-2H3,(H,26,27)/b11-10+. The second-order valence-electron chi connectivity index (χ2n) is 7.58. The van der Waals surface area contributed by atoms with Gasteiger partial charge in [0.2, 0.25) is 5.91 Å². The number of anilines is 1. The van der Waals surface area contributed by atoms with Gasteiger partial charge < -0.3 is 10.1 Å². The Kier molecular flexibility index (Phi) is 15.0. The van der Waals surface area contributed by atoms with Crippen molar-refractivity contribution in [2.75, 3.05) is 12.4 Å². The molecule has 1 rings (SSSR count). The Bertz CT molecular complexity index is 539. The second-order valence-corrected chi connectivity index (χ2v) is 7.58. The molecule has 0 aliphatic heterocycles. The predicted molar refractivity (Wildman–Crippen MR) is 121 cm³/mol. The lowest BCUT2D eigenvalue weighted by Crippen LogP contribution is -2.11. The highest BCUT2D eigenvalue weighted by Crippen LogP contribution is 2.23. The molecule has 1 aromatic rings. The summed E-state index contributed by atoms with van der Waals surface area (Å²) in [6, 6.07) is 7.53. The van der Waals surface area contributed by atoms with E-state index in [1.165, 1.54) is 70.6 Å². The highest BCUT2D eigenvalue weighted by Gasteiger charge is 2.06. The molecule has 3 heteroatoms. The highest BCUT2D eigenvalue weighted by atomic mass is 16.5. The van der Waals surface area contributed by atoms with Crippen LogP contribution in [0.1, 0.15) is 96.8 Å². The van der Waals surface area contributed by atoms with Gasteiger partial charge in [0.15, 0.2) is 0 Å². The van der Waals surface area contributed by atoms with Crippen LogP contribution >= 0.6 is 0 Å². The normalized spacial score (nSPS) is 11.1. The van der Waals surface area contributed by atoms with Crippen LogP contribution in [0.25, 0.3) is 0 Å². The first-order valence-corrected chi connectivity index (χ1v) is 11.4. The molecule has 1 N–H and O–H groups in total. The van der Waals surface area contributed by atoms with Crippen LogP contribution in [0, 0.1) is 0 Å². The minimum absolute atomic E-state index is 0.0714. The molecular weight excluding hydrogens is 346 g/mol. The summed E-state index contributed by atoms with van der Waals surface area (Å²) in [6.07, 6.45) is 21.8. The van der Waals surface area contributed by atoms with E-state index in [0.29, 0.717) is 12.2 Å². The Balaban J connectivity index is 1.92. The summed E-state index contributed by atoms with van der Waals surface area (Å²) >= 11 is 0. The number of para-hydroxylation sites is 2. The van der Waals surface area contributed by atoms with Crippen LogP contribution in [-0.4, -0.2) is 13.0 Å². The van der Waals surface area contributed by atoms with Crippen molar-refractivity contribution in [1.29, 1.82) is 0 Å². The summed E-state index contributed by atoms with van der Waals surface area (Å²) in [7, 11) is 1.62. The zero-order valence-corrected chi connectivity index (χ0v) is 18.2. The van der Waals surface area contributed by atoms with Crippen molar-refractivity contribution in [3.8, 4) is 5.75 Å². The molecule has 0 saturated heterocycles. The average Bonchev–Trinajstić information content (AvgIpc) is 2.71. The number of carbonyl (C=O) groups excluding carboxylic acids is 1. The van der Waals surface area contributed by atoms with Gasteiger partial charge in [0.05, 0.1) is 12.8 Å². The van der Waals surface area contributed by atoms with Crippen LogP contribution in [0.3, 0.4) is 0 Å². The number of nitrogens with one attached hydrogen (secondary N) is 1. The smallest absolute Gasteiger partial charge is 0.224 e. The third kappa shape index (κ3) is 12.6. The van der Waals surface area contributed by atoms with Gasteiger partial charge in [-0.1, -0.05) is 82.6 Å². The monoisotopic (exact) mass is 387 g/mol. The highest BCUT2D eigenvalue weighted by molar-refractivity contribution is 5.92. The number of hydrogen-bond acceptors (Lipinski definition) is 2. The van der Waals surface area contributed by atoms with E-state index in [2.05, 4.69) is 24.4 Å². The van der Waals surface area contributed by atoms with Crippen LogP contribution in [0.4, 0.5) is 5.69 Å². The van der Waals surface area contributed by atoms with Crippen molar-refractivity contribution in [1.82, 2.24) is 0 Å². The van der Waals surface area contributed by atoms with E-state index in [-0.39, 0.29) is 5.91 Å². The molecule has 0 atom stereocenters. The molecule has 1 aromatic carbocycles. The van der Waals surface area contributed by atoms with Crippen molar-refractivity contribution in [2.24, 2.45) is 0 Å². The molecule has 0 fully saturated rings. The Morgan fingerprint density at radius 2 is 1.43 bits per heavy atom. The molecule has 0 aromatic heterocycles. The van der Waals surface area contributed by atoms with Gasteiger partial charge in [-0.15, -0.1) is 0 Å². The number of allylic oxidation sites excluding steroid dienone is 2. The lowest BCUT2D eigenvalue weighted by atomic mass is 10.1. The molecule has 28 heavy (non-hydrogen) atoms. The number of benzene rings is 1. The summed E-state index contributed by atoms with van der Waals surface area (Å²) in [5.41, 5.74) is 0.753. The number of methoxy groups -OCH3 is 1. The van der Waals surface area contributed by atoms with E-state index in [1.807, 2.05) is 24.3 Å². The third-order valence-electron chi connectivity index (χ3n) is 5.05. The minimum atomic E-state index is 0.0714. The van der Waals surface area contributed by atoms with Gasteiger partial charge in [0, 0.05) is 6.42 Å². The molecule has 0 aliphatic rings. The van der Waals surface area contributed by atoms with E-state index in [0.717, 1.165) is 18.5 Å². The first kappa shape index (κ1) is 24.3. The maximum Gasteiger partial charge on any atom is 0.224 e. The zero-order chi connectivity index (χ0) is 20.3. The first-order chi connectivity index (χ1) is 13.8. The minimum Gasteiger partial charge on any atom is -0.495 e. The quantitative estimate of drug-likeness (QED) is 0.220. The van der Waals surface area contributed by atoms with Crippen LogP contribution < -0.4 is 10.1 Å². The summed E-state index contributed by atoms with van der Waals surface area (Å²) in [5, 5.41) is 2.94. The number of unbranched alkanes of at least 4 members (excludes halogenated alkanes) is 11. The van der Waals surface area contributed by atoms with E-state index in [9.17, 15) is 4.79 Å². The van der Waals surface area contributed by atoms with Gasteiger partial charge in [-0.2, -0.15) is 0 Å². The van der Waals surface area contributed by atoms with Crippen molar-refractivity contribution >= 4 is 11.6 Å². The van der Waals surface area contributed by atoms with Crippen molar-refractivity contribution < 1.29 is 9.53 Å². The second kappa shape index (κ2) is 17.3. The van der Waals surface area contributed by atoms with Crippen molar-refractivity contribution in [3.63, 3.8) is 0 Å². The van der Waals surface area contributed by atoms with Crippen LogP contribution in [0.5, 0.6) is 5.75 Å². The molecule has 3 nitrogen and oxygen atoms in total. The lowest BCUT2D eigenvalue weighted by Gasteiger charge is -2.09. The van der Waals surface area contributed by atoms with Gasteiger partial charge in [-0.25, -0.2) is 0 Å². The molecule has 0 radical (unpaired) electrons. The fraction of sp³-hybridized carbons (Fsp3) is 0.640. The fourth-order valence-electron chi connectivity index (χ4n) is 3.32. The third-order valence-corrected chi connectivity index (χ3v) is 5.05. The van der Waals surface area contributed by atoms with E-state index >= 15 is 0 Å². The largest absolute Gasteiger partial charge is 0.495 e. The first-order valence-electron chi connectivity index (χ1n) is 11.4. The van der Waals surface area contributed by atoms with E-state index < -0.39 is 0 Å². The topological polar surface area (TPSA) is 38.3 Å². The van der Waals surface area contributed by atoms with E-state index in [4.69, 9.17) is 4.74 Å². The maximum atomic E-state index is 12.0. The Morgan fingerprint density at radius 1 is 0.857 bits per heavy atom. The molecule has 0 unspecified atom stereocenters. The van der Waals surface area contributed by atoms with Crippen molar-refractivity contribution in [2.45, 2.75) is 96.8 Å². The van der Waals surface area contributed by atoms with Crippen LogP contribution in [0.2, 0.25) is 0 Å². The molecule has 0 bridgehead atoms. The number of ether oxygens (including phenoxy) is 1. The Hall–Kier alpha value is -1.77. The maximum absolute atomic E-state index is 12.0. The van der Waals surface area contributed by atoms with Gasteiger partial charge in [0.25, 0.3) is 0 Å². The predicted octanol–water partition coefficient (Wildman–Crippen LogP) is 7.67. The number of hydrogen-bond donors (Lipinski definition) is 1. The SMILES string of the molecule is CCCCCCCC/C=C/CCCCCCCC(=O)Nc1ccccc1OC. The van der Waals surface area contributed by atoms with Crippen LogP contribution in [-0.2, 0) is 4.79 Å². The molecular formula is C25H41NO2. The van der Waals surface area contributed by atoms with Gasteiger partial charge in [-0.3, -0.25) is 4.79 Å². The Morgan fingerprint density at radius 3 is 2.07 bits per heavy atom. The number of amides is 1. The lowest BCUT2D eigenvalue weighted by molar-refractivity contribution is -0.116. The fourth-order valence-corrected chi connectivity index (χ4v) is 3.32. The Labute approximate surface area is 173 Å². The summed E-state index contributed by atoms with van der Waals surface area (Å²) in [6.45, 7) is 2.27. The number of rotatable bonds is 17. The zero-order valence-electron chi connectivity index (χ0n) is 18.2. The van der Waals surface area contributed by atoms with Crippen molar-refractivity contribution in [3.05, 3.63) is 36.4 Å². The van der Waals surface area contributed by atoms with Gasteiger partial charge >= 0.3 is 0 Å². The van der Waals surface area contributed by atoms with Crippen LogP contribution in [0.15, 0.2) is 36.4 Å². The average molecular weight is 388 g/mol. The van der Waals surface area contributed by atoms with Gasteiger partial charge in [-0.05, 0) is 44.2 Å².